The zero-order valence-electron chi connectivity index (χ0n) is 12.8. The molecule has 8 heteroatoms. The molecule has 0 unspecified atom stereocenters. The van der Waals surface area contributed by atoms with Gasteiger partial charge in [-0.25, -0.2) is 0 Å². The van der Waals surface area contributed by atoms with E-state index < -0.39 is 0 Å². The van der Waals surface area contributed by atoms with Gasteiger partial charge in [0.25, 0.3) is 0 Å². The molecule has 124 valence electrons. The van der Waals surface area contributed by atoms with Gasteiger partial charge in [-0.1, -0.05) is 12.1 Å². The van der Waals surface area contributed by atoms with Gasteiger partial charge < -0.3 is 10.1 Å². The molecule has 1 aliphatic heterocycles. The quantitative estimate of drug-likeness (QED) is 0.791. The standard InChI is InChI=1S/C15H19N5O2.ClH/c1-22-12-5-3-2-4-11(12)13-17-15(20-19-13)18-14(21)10-6-8-16-9-7-10;/h2-5,10,16H,6-9H2,1H3,(H2,17,18,19,20,21);1H. The number of aromatic nitrogens is 3. The van der Waals surface area contributed by atoms with E-state index in [2.05, 4.69) is 25.8 Å². The molecule has 1 aromatic heterocycles. The number of H-pyrrole nitrogens is 1. The molecule has 7 nitrogen and oxygen atoms in total. The Bertz CT molecular complexity index is 655. The predicted molar refractivity (Wildman–Crippen MR) is 89.8 cm³/mol. The van der Waals surface area contributed by atoms with E-state index in [0.29, 0.717) is 17.5 Å². The molecular formula is C15H20ClN5O2. The number of carbonyl (C=O) groups excluding carboxylic acids is 1. The van der Waals surface area contributed by atoms with Gasteiger partial charge in [-0.15, -0.1) is 17.5 Å². The number of methoxy groups -OCH3 is 1. The van der Waals surface area contributed by atoms with Crippen LogP contribution in [0.5, 0.6) is 5.75 Å². The number of rotatable bonds is 4. The van der Waals surface area contributed by atoms with Crippen LogP contribution in [0.4, 0.5) is 5.95 Å². The summed E-state index contributed by atoms with van der Waals surface area (Å²) in [5, 5.41) is 12.9. The van der Waals surface area contributed by atoms with Gasteiger partial charge in [0.1, 0.15) is 5.75 Å². The van der Waals surface area contributed by atoms with Gasteiger partial charge in [0.2, 0.25) is 11.9 Å². The highest BCUT2D eigenvalue weighted by Crippen LogP contribution is 2.27. The number of nitrogens with one attached hydrogen (secondary N) is 3. The number of aromatic amines is 1. The van der Waals surface area contributed by atoms with Crippen LogP contribution in [0.25, 0.3) is 11.4 Å². The number of carbonyl (C=O) groups is 1. The summed E-state index contributed by atoms with van der Waals surface area (Å²) in [5.74, 6) is 1.57. The van der Waals surface area contributed by atoms with E-state index in [4.69, 9.17) is 4.74 Å². The molecule has 3 rings (SSSR count). The second-order valence-electron chi connectivity index (χ2n) is 5.22. The first-order chi connectivity index (χ1) is 10.8. The topological polar surface area (TPSA) is 91.9 Å². The first-order valence-electron chi connectivity index (χ1n) is 7.35. The summed E-state index contributed by atoms with van der Waals surface area (Å²) < 4.78 is 5.30. The summed E-state index contributed by atoms with van der Waals surface area (Å²) in [6.45, 7) is 1.75. The molecule has 0 atom stereocenters. The Morgan fingerprint density at radius 2 is 2.04 bits per heavy atom. The molecule has 1 fully saturated rings. The molecule has 0 radical (unpaired) electrons. The lowest BCUT2D eigenvalue weighted by atomic mass is 9.97. The molecule has 0 spiro atoms. The lowest BCUT2D eigenvalue weighted by Gasteiger charge is -2.20. The third-order valence-electron chi connectivity index (χ3n) is 3.79. The van der Waals surface area contributed by atoms with E-state index in [0.717, 1.165) is 31.5 Å². The Labute approximate surface area is 140 Å². The van der Waals surface area contributed by atoms with E-state index in [9.17, 15) is 4.79 Å². The average Bonchev–Trinajstić information content (AvgIpc) is 3.04. The van der Waals surface area contributed by atoms with Crippen molar-refractivity contribution in [3.63, 3.8) is 0 Å². The van der Waals surface area contributed by atoms with Gasteiger partial charge in [-0.2, -0.15) is 4.98 Å². The molecule has 2 heterocycles. The Hall–Kier alpha value is -2.12. The number of halogens is 1. The first-order valence-corrected chi connectivity index (χ1v) is 7.35. The number of amides is 1. The minimum absolute atomic E-state index is 0. The van der Waals surface area contributed by atoms with Gasteiger partial charge in [0, 0.05) is 5.92 Å². The van der Waals surface area contributed by atoms with Crippen LogP contribution in [0.3, 0.4) is 0 Å². The molecule has 0 bridgehead atoms. The van der Waals surface area contributed by atoms with E-state index in [1.165, 1.54) is 0 Å². The van der Waals surface area contributed by atoms with Gasteiger partial charge in [-0.05, 0) is 38.1 Å². The first kappa shape index (κ1) is 17.2. The maximum atomic E-state index is 12.2. The zero-order chi connectivity index (χ0) is 15.4. The van der Waals surface area contributed by atoms with E-state index in [-0.39, 0.29) is 24.2 Å². The van der Waals surface area contributed by atoms with Crippen molar-refractivity contribution in [3.05, 3.63) is 24.3 Å². The van der Waals surface area contributed by atoms with Crippen molar-refractivity contribution in [1.82, 2.24) is 20.5 Å². The molecular weight excluding hydrogens is 318 g/mol. The fourth-order valence-electron chi connectivity index (χ4n) is 2.57. The molecule has 3 N–H and O–H groups in total. The summed E-state index contributed by atoms with van der Waals surface area (Å²) in [6, 6.07) is 7.52. The number of para-hydroxylation sites is 1. The third-order valence-corrected chi connectivity index (χ3v) is 3.79. The van der Waals surface area contributed by atoms with Gasteiger partial charge in [0.15, 0.2) is 5.82 Å². The molecule has 2 aromatic rings. The fourth-order valence-corrected chi connectivity index (χ4v) is 2.57. The summed E-state index contributed by atoms with van der Waals surface area (Å²) in [7, 11) is 1.61. The van der Waals surface area contributed by atoms with Crippen LogP contribution in [0.15, 0.2) is 24.3 Å². The zero-order valence-corrected chi connectivity index (χ0v) is 13.7. The van der Waals surface area contributed by atoms with Crippen molar-refractivity contribution in [1.29, 1.82) is 0 Å². The van der Waals surface area contributed by atoms with Crippen LogP contribution in [-0.4, -0.2) is 41.3 Å². The van der Waals surface area contributed by atoms with Crippen LogP contribution >= 0.6 is 12.4 Å². The largest absolute Gasteiger partial charge is 0.496 e. The Balaban J connectivity index is 0.00000192. The molecule has 1 aromatic carbocycles. The highest BCUT2D eigenvalue weighted by Gasteiger charge is 2.22. The SMILES string of the molecule is COc1ccccc1-c1nc(NC(=O)C2CCNCC2)n[nH]1.Cl. The molecule has 0 saturated carbocycles. The number of anilines is 1. The Kier molecular flexibility index (Phi) is 5.95. The van der Waals surface area contributed by atoms with Crippen molar-refractivity contribution in [3.8, 4) is 17.1 Å². The molecule has 1 aliphatic rings. The number of ether oxygens (including phenoxy) is 1. The normalized spacial score (nSPS) is 14.8. The third kappa shape index (κ3) is 4.00. The maximum Gasteiger partial charge on any atom is 0.249 e. The van der Waals surface area contributed by atoms with Crippen molar-refractivity contribution >= 4 is 24.3 Å². The highest BCUT2D eigenvalue weighted by molar-refractivity contribution is 5.91. The van der Waals surface area contributed by atoms with Gasteiger partial charge in [-0.3, -0.25) is 15.2 Å². The van der Waals surface area contributed by atoms with Crippen LogP contribution in [0, 0.1) is 5.92 Å². The molecule has 1 amide bonds. The Morgan fingerprint density at radius 3 is 2.78 bits per heavy atom. The summed E-state index contributed by atoms with van der Waals surface area (Å²) in [4.78, 5) is 16.5. The van der Waals surface area contributed by atoms with Crippen molar-refractivity contribution < 1.29 is 9.53 Å². The number of nitrogens with zero attached hydrogens (tertiary/aromatic N) is 2. The number of benzene rings is 1. The second kappa shape index (κ2) is 7.94. The molecule has 0 aliphatic carbocycles. The lowest BCUT2D eigenvalue weighted by Crippen LogP contribution is -2.34. The predicted octanol–water partition coefficient (Wildman–Crippen LogP) is 1.84. The van der Waals surface area contributed by atoms with Crippen molar-refractivity contribution in [2.45, 2.75) is 12.8 Å². The Morgan fingerprint density at radius 1 is 1.30 bits per heavy atom. The minimum atomic E-state index is -0.0212. The minimum Gasteiger partial charge on any atom is -0.496 e. The molecule has 1 saturated heterocycles. The van der Waals surface area contributed by atoms with E-state index in [1.54, 1.807) is 7.11 Å². The smallest absolute Gasteiger partial charge is 0.249 e. The van der Waals surface area contributed by atoms with Crippen LogP contribution in [0.1, 0.15) is 12.8 Å². The van der Waals surface area contributed by atoms with E-state index in [1.807, 2.05) is 24.3 Å². The van der Waals surface area contributed by atoms with Crippen LogP contribution in [0.2, 0.25) is 0 Å². The number of hydrogen-bond acceptors (Lipinski definition) is 5. The van der Waals surface area contributed by atoms with Crippen molar-refractivity contribution in [2.75, 3.05) is 25.5 Å². The fraction of sp³-hybridized carbons (Fsp3) is 0.400. The average molecular weight is 338 g/mol. The van der Waals surface area contributed by atoms with Crippen molar-refractivity contribution in [2.24, 2.45) is 5.92 Å². The van der Waals surface area contributed by atoms with E-state index >= 15 is 0 Å². The van der Waals surface area contributed by atoms with Gasteiger partial charge in [0.05, 0.1) is 12.7 Å². The van der Waals surface area contributed by atoms with Crippen LogP contribution < -0.4 is 15.4 Å². The summed E-state index contributed by atoms with van der Waals surface area (Å²) >= 11 is 0. The maximum absolute atomic E-state index is 12.2. The summed E-state index contributed by atoms with van der Waals surface area (Å²) in [5.41, 5.74) is 0.805. The van der Waals surface area contributed by atoms with Gasteiger partial charge >= 0.3 is 0 Å². The lowest BCUT2D eigenvalue weighted by molar-refractivity contribution is -0.120. The number of hydrogen-bond donors (Lipinski definition) is 3. The monoisotopic (exact) mass is 337 g/mol. The second-order valence-corrected chi connectivity index (χ2v) is 5.22. The highest BCUT2D eigenvalue weighted by atomic mass is 35.5. The summed E-state index contributed by atoms with van der Waals surface area (Å²) in [6.07, 6.45) is 1.69. The van der Waals surface area contributed by atoms with Crippen LogP contribution in [-0.2, 0) is 4.79 Å². The number of piperidine rings is 1. The molecule has 23 heavy (non-hydrogen) atoms.